The maximum absolute atomic E-state index is 11.9. The highest BCUT2D eigenvalue weighted by atomic mass is 35.5. The molecule has 0 bridgehead atoms. The van der Waals surface area contributed by atoms with Crippen LogP contribution in [0.1, 0.15) is 16.4 Å². The molecular formula is C16H15ClO2S. The highest BCUT2D eigenvalue weighted by molar-refractivity contribution is 7.99. The molecule has 0 saturated heterocycles. The van der Waals surface area contributed by atoms with E-state index in [0.29, 0.717) is 5.02 Å². The number of rotatable bonds is 5. The van der Waals surface area contributed by atoms with E-state index in [1.54, 1.807) is 23.9 Å². The summed E-state index contributed by atoms with van der Waals surface area (Å²) in [6.07, 6.45) is 0. The Morgan fingerprint density at radius 3 is 2.40 bits per heavy atom. The second-order valence-electron chi connectivity index (χ2n) is 4.25. The molecular weight excluding hydrogens is 292 g/mol. The fourth-order valence-electron chi connectivity index (χ4n) is 1.80. The molecule has 0 heterocycles. The molecule has 104 valence electrons. The minimum Gasteiger partial charge on any atom is -0.468 e. The van der Waals surface area contributed by atoms with Crippen molar-refractivity contribution in [1.29, 1.82) is 0 Å². The van der Waals surface area contributed by atoms with Crippen LogP contribution in [0.15, 0.2) is 54.6 Å². The van der Waals surface area contributed by atoms with Gasteiger partial charge in [0.05, 0.1) is 7.11 Å². The molecule has 0 aliphatic carbocycles. The lowest BCUT2D eigenvalue weighted by molar-refractivity contribution is -0.140. The summed E-state index contributed by atoms with van der Waals surface area (Å²) < 4.78 is 4.89. The standard InChI is InChI=1S/C16H15ClO2S/c1-19-16(18)15(13-7-9-14(17)10-8-13)20-11-12-5-3-2-4-6-12/h2-10,15H,11H2,1H3. The number of benzene rings is 2. The van der Waals surface area contributed by atoms with Gasteiger partial charge in [0.15, 0.2) is 0 Å². The largest absolute Gasteiger partial charge is 0.468 e. The molecule has 0 fully saturated rings. The van der Waals surface area contributed by atoms with Gasteiger partial charge in [-0.2, -0.15) is 0 Å². The number of carbonyl (C=O) groups is 1. The molecule has 1 atom stereocenters. The predicted octanol–water partition coefficient (Wildman–Crippen LogP) is 4.49. The average molecular weight is 307 g/mol. The van der Waals surface area contributed by atoms with Gasteiger partial charge in [-0.15, -0.1) is 11.8 Å². The summed E-state index contributed by atoms with van der Waals surface area (Å²) in [5.41, 5.74) is 2.09. The van der Waals surface area contributed by atoms with Gasteiger partial charge in [0.1, 0.15) is 5.25 Å². The van der Waals surface area contributed by atoms with Gasteiger partial charge in [-0.05, 0) is 23.3 Å². The van der Waals surface area contributed by atoms with E-state index in [0.717, 1.165) is 11.3 Å². The molecule has 0 radical (unpaired) electrons. The Labute approximate surface area is 128 Å². The van der Waals surface area contributed by atoms with Gasteiger partial charge in [-0.3, -0.25) is 4.79 Å². The summed E-state index contributed by atoms with van der Waals surface area (Å²) in [6.45, 7) is 0. The molecule has 2 nitrogen and oxygen atoms in total. The summed E-state index contributed by atoms with van der Waals surface area (Å²) >= 11 is 7.43. The van der Waals surface area contributed by atoms with Crippen LogP contribution in [0.25, 0.3) is 0 Å². The van der Waals surface area contributed by atoms with Crippen molar-refractivity contribution < 1.29 is 9.53 Å². The van der Waals surface area contributed by atoms with Crippen molar-refractivity contribution in [1.82, 2.24) is 0 Å². The van der Waals surface area contributed by atoms with Crippen LogP contribution in [-0.4, -0.2) is 13.1 Å². The van der Waals surface area contributed by atoms with E-state index in [-0.39, 0.29) is 11.2 Å². The number of esters is 1. The summed E-state index contributed by atoms with van der Waals surface area (Å²) in [6, 6.07) is 17.4. The van der Waals surface area contributed by atoms with Gasteiger partial charge in [-0.1, -0.05) is 54.1 Å². The zero-order valence-electron chi connectivity index (χ0n) is 11.1. The molecule has 2 rings (SSSR count). The number of carbonyl (C=O) groups excluding carboxylic acids is 1. The van der Waals surface area contributed by atoms with Crippen molar-refractivity contribution in [3.8, 4) is 0 Å². The third kappa shape index (κ3) is 4.02. The normalized spacial score (nSPS) is 11.9. The van der Waals surface area contributed by atoms with E-state index in [9.17, 15) is 4.79 Å². The van der Waals surface area contributed by atoms with E-state index in [2.05, 4.69) is 0 Å². The lowest BCUT2D eigenvalue weighted by Crippen LogP contribution is -2.11. The van der Waals surface area contributed by atoms with Crippen LogP contribution >= 0.6 is 23.4 Å². The predicted molar refractivity (Wildman–Crippen MR) is 83.9 cm³/mol. The zero-order chi connectivity index (χ0) is 14.4. The Hall–Kier alpha value is -1.45. The lowest BCUT2D eigenvalue weighted by atomic mass is 10.1. The van der Waals surface area contributed by atoms with Crippen molar-refractivity contribution >= 4 is 29.3 Å². The average Bonchev–Trinajstić information content (AvgIpc) is 2.50. The highest BCUT2D eigenvalue weighted by Gasteiger charge is 2.21. The Balaban J connectivity index is 2.12. The Bertz CT molecular complexity index is 554. The molecule has 0 N–H and O–H groups in total. The third-order valence-corrected chi connectivity index (χ3v) is 4.40. The molecule has 0 saturated carbocycles. The zero-order valence-corrected chi connectivity index (χ0v) is 12.7. The van der Waals surface area contributed by atoms with Crippen LogP contribution in [0.4, 0.5) is 0 Å². The Morgan fingerprint density at radius 2 is 1.80 bits per heavy atom. The first kappa shape index (κ1) is 14.9. The highest BCUT2D eigenvalue weighted by Crippen LogP contribution is 2.33. The first-order chi connectivity index (χ1) is 9.70. The maximum Gasteiger partial charge on any atom is 0.323 e. The lowest BCUT2D eigenvalue weighted by Gasteiger charge is -2.15. The summed E-state index contributed by atoms with van der Waals surface area (Å²) in [5, 5.41) is 0.322. The number of ether oxygens (including phenoxy) is 1. The fourth-order valence-corrected chi connectivity index (χ4v) is 3.06. The van der Waals surface area contributed by atoms with Gasteiger partial charge in [0, 0.05) is 10.8 Å². The molecule has 0 spiro atoms. The molecule has 1 unspecified atom stereocenters. The number of thioether (sulfide) groups is 1. The molecule has 0 aromatic heterocycles. The van der Waals surface area contributed by atoms with Gasteiger partial charge in [-0.25, -0.2) is 0 Å². The monoisotopic (exact) mass is 306 g/mol. The summed E-state index contributed by atoms with van der Waals surface area (Å²) in [4.78, 5) is 11.9. The van der Waals surface area contributed by atoms with Crippen molar-refractivity contribution in [3.05, 3.63) is 70.7 Å². The van der Waals surface area contributed by atoms with Crippen molar-refractivity contribution in [2.45, 2.75) is 11.0 Å². The summed E-state index contributed by atoms with van der Waals surface area (Å²) in [7, 11) is 1.41. The van der Waals surface area contributed by atoms with Crippen LogP contribution in [0.3, 0.4) is 0 Å². The second kappa shape index (κ2) is 7.36. The topological polar surface area (TPSA) is 26.3 Å². The third-order valence-electron chi connectivity index (χ3n) is 2.85. The molecule has 0 amide bonds. The van der Waals surface area contributed by atoms with Crippen molar-refractivity contribution in [2.24, 2.45) is 0 Å². The minimum absolute atomic E-state index is 0.242. The van der Waals surface area contributed by atoms with Crippen LogP contribution in [0.5, 0.6) is 0 Å². The Morgan fingerprint density at radius 1 is 1.15 bits per heavy atom. The van der Waals surface area contributed by atoms with Crippen LogP contribution in [0, 0.1) is 0 Å². The van der Waals surface area contributed by atoms with Gasteiger partial charge >= 0.3 is 5.97 Å². The molecule has 4 heteroatoms. The molecule has 20 heavy (non-hydrogen) atoms. The van der Waals surface area contributed by atoms with Crippen LogP contribution in [-0.2, 0) is 15.3 Å². The molecule has 2 aromatic carbocycles. The van der Waals surface area contributed by atoms with Gasteiger partial charge in [0.25, 0.3) is 0 Å². The van der Waals surface area contributed by atoms with Crippen molar-refractivity contribution in [3.63, 3.8) is 0 Å². The molecule has 0 aliphatic heterocycles. The Kier molecular flexibility index (Phi) is 5.50. The van der Waals surface area contributed by atoms with Crippen LogP contribution in [0.2, 0.25) is 5.02 Å². The van der Waals surface area contributed by atoms with Crippen molar-refractivity contribution in [2.75, 3.05) is 7.11 Å². The number of hydrogen-bond acceptors (Lipinski definition) is 3. The van der Waals surface area contributed by atoms with E-state index in [4.69, 9.17) is 16.3 Å². The van der Waals surface area contributed by atoms with Gasteiger partial charge < -0.3 is 4.74 Å². The first-order valence-electron chi connectivity index (χ1n) is 6.19. The minimum atomic E-state index is -0.336. The summed E-state index contributed by atoms with van der Waals surface area (Å²) in [5.74, 6) is 0.511. The molecule has 0 aliphatic rings. The maximum atomic E-state index is 11.9. The molecule has 2 aromatic rings. The SMILES string of the molecule is COC(=O)C(SCc1ccccc1)c1ccc(Cl)cc1. The smallest absolute Gasteiger partial charge is 0.323 e. The fraction of sp³-hybridized carbons (Fsp3) is 0.188. The van der Waals surface area contributed by atoms with E-state index < -0.39 is 0 Å². The number of methoxy groups -OCH3 is 1. The second-order valence-corrected chi connectivity index (χ2v) is 5.78. The van der Waals surface area contributed by atoms with E-state index in [1.165, 1.54) is 12.7 Å². The van der Waals surface area contributed by atoms with Crippen LogP contribution < -0.4 is 0 Å². The first-order valence-corrected chi connectivity index (χ1v) is 7.62. The van der Waals surface area contributed by atoms with Gasteiger partial charge in [0.2, 0.25) is 0 Å². The van der Waals surface area contributed by atoms with E-state index in [1.807, 2.05) is 42.5 Å². The number of halogens is 1. The quantitative estimate of drug-likeness (QED) is 0.761. The number of hydrogen-bond donors (Lipinski definition) is 0. The van der Waals surface area contributed by atoms with E-state index >= 15 is 0 Å².